The number of carbonyl (C=O) groups excluding carboxylic acids is 2. The zero-order valence-corrected chi connectivity index (χ0v) is 17.9. The van der Waals surface area contributed by atoms with Gasteiger partial charge in [0.25, 0.3) is 5.56 Å². The lowest BCUT2D eigenvalue weighted by atomic mass is 10.1. The van der Waals surface area contributed by atoms with E-state index >= 15 is 0 Å². The molecule has 0 saturated heterocycles. The highest BCUT2D eigenvalue weighted by molar-refractivity contribution is 5.89. The molecule has 2 aromatic rings. The highest BCUT2D eigenvalue weighted by Crippen LogP contribution is 2.22. The van der Waals surface area contributed by atoms with Crippen LogP contribution in [0.5, 0.6) is 0 Å². The van der Waals surface area contributed by atoms with Gasteiger partial charge in [-0.2, -0.15) is 0 Å². The number of rotatable bonds is 4. The molecule has 0 saturated carbocycles. The first-order valence-corrected chi connectivity index (χ1v) is 9.28. The van der Waals surface area contributed by atoms with E-state index in [1.807, 2.05) is 0 Å². The maximum absolute atomic E-state index is 12.5. The van der Waals surface area contributed by atoms with Gasteiger partial charge in [-0.05, 0) is 59.7 Å². The highest BCUT2D eigenvalue weighted by Gasteiger charge is 2.23. The van der Waals surface area contributed by atoms with E-state index in [9.17, 15) is 24.3 Å². The van der Waals surface area contributed by atoms with Crippen LogP contribution in [0.3, 0.4) is 0 Å². The van der Waals surface area contributed by atoms with E-state index in [0.29, 0.717) is 5.69 Å². The largest absolute Gasteiger partial charge is 0.477 e. The van der Waals surface area contributed by atoms with Gasteiger partial charge in [-0.25, -0.2) is 9.59 Å². The van der Waals surface area contributed by atoms with Gasteiger partial charge in [0.05, 0.1) is 5.69 Å². The van der Waals surface area contributed by atoms with Crippen molar-refractivity contribution in [3.8, 4) is 11.3 Å². The average molecular weight is 418 g/mol. The second-order valence-electron chi connectivity index (χ2n) is 8.71. The standard InChI is InChI=1S/C21H26N2O7/c1-20(2,3)29-16(24)12-22-11-13(10-14(17(22)25)18(26)27)15-8-7-9-23(15)19(28)30-21(4,5)6/h7-11H,12H2,1-6H3,(H,26,27). The maximum Gasteiger partial charge on any atom is 0.418 e. The SMILES string of the molecule is CC(C)(C)OC(=O)Cn1cc(-c2cccn2C(=O)OC(C)(C)C)cc(C(=O)O)c1=O. The molecule has 0 spiro atoms. The minimum Gasteiger partial charge on any atom is -0.477 e. The van der Waals surface area contributed by atoms with Gasteiger partial charge >= 0.3 is 18.0 Å². The first-order valence-electron chi connectivity index (χ1n) is 9.28. The molecule has 0 radical (unpaired) electrons. The molecule has 0 unspecified atom stereocenters. The number of carboxylic acids is 1. The summed E-state index contributed by atoms with van der Waals surface area (Å²) in [5, 5.41) is 9.44. The molecule has 2 aromatic heterocycles. The average Bonchev–Trinajstić information content (AvgIpc) is 3.02. The Morgan fingerprint density at radius 1 is 1.03 bits per heavy atom. The lowest BCUT2D eigenvalue weighted by Crippen LogP contribution is -2.32. The van der Waals surface area contributed by atoms with Crippen molar-refractivity contribution in [1.82, 2.24) is 9.13 Å². The molecular formula is C21H26N2O7. The minimum atomic E-state index is -1.45. The Morgan fingerprint density at radius 2 is 1.63 bits per heavy atom. The molecule has 0 fully saturated rings. The number of pyridine rings is 1. The summed E-state index contributed by atoms with van der Waals surface area (Å²) in [5.74, 6) is -2.14. The molecule has 9 nitrogen and oxygen atoms in total. The number of carbonyl (C=O) groups is 3. The van der Waals surface area contributed by atoms with E-state index in [1.165, 1.54) is 17.0 Å². The Labute approximate surface area is 173 Å². The summed E-state index contributed by atoms with van der Waals surface area (Å²) in [6, 6.07) is 4.32. The highest BCUT2D eigenvalue weighted by atomic mass is 16.6. The van der Waals surface area contributed by atoms with Gasteiger partial charge in [0.15, 0.2) is 0 Å². The van der Waals surface area contributed by atoms with Crippen LogP contribution < -0.4 is 5.56 Å². The fourth-order valence-corrected chi connectivity index (χ4v) is 2.65. The summed E-state index contributed by atoms with van der Waals surface area (Å²) in [6.07, 6.45) is 2.12. The second-order valence-corrected chi connectivity index (χ2v) is 8.71. The lowest BCUT2D eigenvalue weighted by molar-refractivity contribution is -0.155. The number of hydrogen-bond acceptors (Lipinski definition) is 6. The summed E-state index contributed by atoms with van der Waals surface area (Å²) >= 11 is 0. The molecule has 2 heterocycles. The predicted octanol–water partition coefficient (Wildman–Crippen LogP) is 3.14. The predicted molar refractivity (Wildman–Crippen MR) is 109 cm³/mol. The van der Waals surface area contributed by atoms with Crippen LogP contribution in [0.15, 0.2) is 35.4 Å². The zero-order valence-electron chi connectivity index (χ0n) is 17.9. The van der Waals surface area contributed by atoms with E-state index in [0.717, 1.165) is 10.6 Å². The second kappa shape index (κ2) is 8.17. The molecule has 0 bridgehead atoms. The van der Waals surface area contributed by atoms with E-state index < -0.39 is 46.9 Å². The van der Waals surface area contributed by atoms with Crippen LogP contribution in [0.25, 0.3) is 11.3 Å². The van der Waals surface area contributed by atoms with Crippen molar-refractivity contribution < 1.29 is 29.0 Å². The molecule has 1 N–H and O–H groups in total. The van der Waals surface area contributed by atoms with Gasteiger partial charge in [0.1, 0.15) is 23.3 Å². The molecule has 162 valence electrons. The lowest BCUT2D eigenvalue weighted by Gasteiger charge is -2.21. The first kappa shape index (κ1) is 22.9. The molecule has 2 rings (SSSR count). The van der Waals surface area contributed by atoms with Crippen molar-refractivity contribution in [3.63, 3.8) is 0 Å². The van der Waals surface area contributed by atoms with Gasteiger partial charge in [-0.15, -0.1) is 0 Å². The molecular weight excluding hydrogens is 392 g/mol. The molecule has 0 aromatic carbocycles. The number of aromatic nitrogens is 2. The van der Waals surface area contributed by atoms with Crippen LogP contribution in [0.4, 0.5) is 4.79 Å². The van der Waals surface area contributed by atoms with Gasteiger partial charge in [-0.1, -0.05) is 0 Å². The number of carboxylic acid groups (broad SMARTS) is 1. The van der Waals surface area contributed by atoms with Gasteiger partial charge in [-0.3, -0.25) is 14.2 Å². The van der Waals surface area contributed by atoms with Crippen LogP contribution in [0.2, 0.25) is 0 Å². The van der Waals surface area contributed by atoms with Gasteiger partial charge < -0.3 is 19.1 Å². The normalized spacial score (nSPS) is 11.8. The number of nitrogens with zero attached hydrogens (tertiary/aromatic N) is 2. The third kappa shape index (κ3) is 5.82. The molecule has 0 atom stereocenters. The van der Waals surface area contributed by atoms with E-state index in [-0.39, 0.29) is 5.56 Å². The third-order valence-corrected chi connectivity index (χ3v) is 3.67. The molecule has 0 aliphatic rings. The quantitative estimate of drug-likeness (QED) is 0.758. The topological polar surface area (TPSA) is 117 Å². The summed E-state index contributed by atoms with van der Waals surface area (Å²) < 4.78 is 12.7. The van der Waals surface area contributed by atoms with Crippen LogP contribution in [-0.2, 0) is 20.8 Å². The Balaban J connectivity index is 2.53. The monoisotopic (exact) mass is 418 g/mol. The smallest absolute Gasteiger partial charge is 0.418 e. The number of hydrogen-bond donors (Lipinski definition) is 1. The summed E-state index contributed by atoms with van der Waals surface area (Å²) in [7, 11) is 0. The number of esters is 1. The summed E-state index contributed by atoms with van der Waals surface area (Å²) in [4.78, 5) is 48.8. The number of aromatic carboxylic acids is 1. The molecule has 0 amide bonds. The maximum atomic E-state index is 12.5. The summed E-state index contributed by atoms with van der Waals surface area (Å²) in [5.41, 5.74) is -2.32. The van der Waals surface area contributed by atoms with Crippen LogP contribution in [0.1, 0.15) is 51.9 Å². The molecule has 0 aliphatic carbocycles. The van der Waals surface area contributed by atoms with E-state index in [4.69, 9.17) is 9.47 Å². The fourth-order valence-electron chi connectivity index (χ4n) is 2.65. The van der Waals surface area contributed by atoms with Crippen LogP contribution in [-0.4, -0.2) is 43.5 Å². The van der Waals surface area contributed by atoms with Crippen molar-refractivity contribution in [2.24, 2.45) is 0 Å². The van der Waals surface area contributed by atoms with Crippen molar-refractivity contribution in [2.75, 3.05) is 0 Å². The van der Waals surface area contributed by atoms with Gasteiger partial charge in [0.2, 0.25) is 0 Å². The molecule has 0 aliphatic heterocycles. The third-order valence-electron chi connectivity index (χ3n) is 3.67. The van der Waals surface area contributed by atoms with Crippen molar-refractivity contribution >= 4 is 18.0 Å². The van der Waals surface area contributed by atoms with Crippen LogP contribution in [0, 0.1) is 0 Å². The Hall–Kier alpha value is -3.36. The minimum absolute atomic E-state index is 0.256. The summed E-state index contributed by atoms with van der Waals surface area (Å²) in [6.45, 7) is 9.73. The van der Waals surface area contributed by atoms with Crippen molar-refractivity contribution in [1.29, 1.82) is 0 Å². The Morgan fingerprint density at radius 3 is 2.17 bits per heavy atom. The van der Waals surface area contributed by atoms with E-state index in [1.54, 1.807) is 53.7 Å². The fraction of sp³-hybridized carbons (Fsp3) is 0.429. The van der Waals surface area contributed by atoms with Gasteiger partial charge in [0, 0.05) is 18.0 Å². The van der Waals surface area contributed by atoms with Crippen LogP contribution >= 0.6 is 0 Å². The molecule has 30 heavy (non-hydrogen) atoms. The number of ether oxygens (including phenoxy) is 2. The Kier molecular flexibility index (Phi) is 6.25. The zero-order chi connectivity index (χ0) is 22.9. The molecule has 9 heteroatoms. The van der Waals surface area contributed by atoms with Crippen molar-refractivity contribution in [3.05, 3.63) is 46.5 Å². The van der Waals surface area contributed by atoms with Crippen molar-refractivity contribution in [2.45, 2.75) is 59.3 Å². The Bertz CT molecular complexity index is 1030. The van der Waals surface area contributed by atoms with E-state index in [2.05, 4.69) is 0 Å². The first-order chi connectivity index (χ1) is 13.7.